The van der Waals surface area contributed by atoms with Gasteiger partial charge in [0, 0.05) is 18.2 Å². The van der Waals surface area contributed by atoms with Crippen molar-refractivity contribution >= 4 is 0 Å². The molecule has 1 aliphatic heterocycles. The van der Waals surface area contributed by atoms with Crippen molar-refractivity contribution in [3.63, 3.8) is 0 Å². The molecule has 0 saturated carbocycles. The first kappa shape index (κ1) is 11.7. The number of likely N-dealkylation sites (tertiary alicyclic amines) is 1. The van der Waals surface area contributed by atoms with Gasteiger partial charge in [-0.15, -0.1) is 0 Å². The van der Waals surface area contributed by atoms with E-state index in [1.54, 1.807) is 6.26 Å². The van der Waals surface area contributed by atoms with E-state index in [0.717, 1.165) is 12.5 Å². The quantitative estimate of drug-likeness (QED) is 0.847. The van der Waals surface area contributed by atoms with Crippen molar-refractivity contribution in [1.82, 2.24) is 10.2 Å². The number of hydrogen-bond donors (Lipinski definition) is 1. The van der Waals surface area contributed by atoms with Crippen LogP contribution in [-0.4, -0.2) is 31.6 Å². The second-order valence-corrected chi connectivity index (χ2v) is 4.96. The highest BCUT2D eigenvalue weighted by molar-refractivity contribution is 5.10. The van der Waals surface area contributed by atoms with Crippen LogP contribution in [0.15, 0.2) is 23.0 Å². The Morgan fingerprint density at radius 1 is 1.62 bits per heavy atom. The van der Waals surface area contributed by atoms with E-state index in [1.165, 1.54) is 31.5 Å². The molecule has 0 aromatic carbocycles. The lowest BCUT2D eigenvalue weighted by atomic mass is 9.98. The highest BCUT2D eigenvalue weighted by atomic mass is 16.3. The van der Waals surface area contributed by atoms with Crippen molar-refractivity contribution in [2.45, 2.75) is 25.8 Å². The Balaban J connectivity index is 1.74. The summed E-state index contributed by atoms with van der Waals surface area (Å²) in [4.78, 5) is 2.43. The minimum Gasteiger partial charge on any atom is -0.472 e. The molecule has 0 bridgehead atoms. The van der Waals surface area contributed by atoms with Crippen LogP contribution in [0.25, 0.3) is 0 Å². The summed E-state index contributed by atoms with van der Waals surface area (Å²) in [6.45, 7) is 5.78. The van der Waals surface area contributed by atoms with Gasteiger partial charge in [0.15, 0.2) is 0 Å². The van der Waals surface area contributed by atoms with Gasteiger partial charge in [-0.3, -0.25) is 0 Å². The highest BCUT2D eigenvalue weighted by Crippen LogP contribution is 2.17. The Hall–Kier alpha value is -0.800. The summed E-state index contributed by atoms with van der Waals surface area (Å²) in [5.74, 6) is 0.799. The maximum absolute atomic E-state index is 5.10. The van der Waals surface area contributed by atoms with Crippen LogP contribution in [-0.2, 0) is 0 Å². The molecule has 0 amide bonds. The van der Waals surface area contributed by atoms with Crippen molar-refractivity contribution in [3.05, 3.63) is 24.2 Å². The van der Waals surface area contributed by atoms with Gasteiger partial charge in [0.05, 0.1) is 12.5 Å². The molecule has 0 radical (unpaired) electrons. The van der Waals surface area contributed by atoms with Gasteiger partial charge < -0.3 is 14.6 Å². The van der Waals surface area contributed by atoms with E-state index >= 15 is 0 Å². The molecule has 1 N–H and O–H groups in total. The smallest absolute Gasteiger partial charge is 0.0950 e. The number of piperidine rings is 1. The Morgan fingerprint density at radius 2 is 2.50 bits per heavy atom. The van der Waals surface area contributed by atoms with E-state index in [2.05, 4.69) is 24.2 Å². The fourth-order valence-electron chi connectivity index (χ4n) is 2.42. The van der Waals surface area contributed by atoms with Crippen LogP contribution in [0, 0.1) is 5.92 Å². The molecule has 1 aromatic rings. The average molecular weight is 222 g/mol. The van der Waals surface area contributed by atoms with E-state index in [0.29, 0.717) is 6.04 Å². The first-order valence-electron chi connectivity index (χ1n) is 6.19. The molecule has 2 unspecified atom stereocenters. The molecule has 1 aromatic heterocycles. The summed E-state index contributed by atoms with van der Waals surface area (Å²) >= 11 is 0. The molecule has 0 aliphatic carbocycles. The zero-order valence-electron chi connectivity index (χ0n) is 10.3. The molecular formula is C13H22N2O. The first-order chi connectivity index (χ1) is 7.75. The van der Waals surface area contributed by atoms with E-state index < -0.39 is 0 Å². The van der Waals surface area contributed by atoms with Gasteiger partial charge in [0.1, 0.15) is 0 Å². The van der Waals surface area contributed by atoms with Crippen molar-refractivity contribution in [2.75, 3.05) is 26.7 Å². The SMILES string of the molecule is CC(NCC1CCCN(C)C1)c1ccoc1. The number of hydrogen-bond acceptors (Lipinski definition) is 3. The van der Waals surface area contributed by atoms with Crippen LogP contribution in [0.5, 0.6) is 0 Å². The molecule has 1 fully saturated rings. The average Bonchev–Trinajstić information content (AvgIpc) is 2.79. The monoisotopic (exact) mass is 222 g/mol. The van der Waals surface area contributed by atoms with Crippen LogP contribution in [0.1, 0.15) is 31.4 Å². The lowest BCUT2D eigenvalue weighted by Gasteiger charge is -2.30. The number of nitrogens with zero attached hydrogens (tertiary/aromatic N) is 1. The van der Waals surface area contributed by atoms with E-state index in [9.17, 15) is 0 Å². The molecule has 3 heteroatoms. The van der Waals surface area contributed by atoms with Gasteiger partial charge in [-0.2, -0.15) is 0 Å². The number of rotatable bonds is 4. The molecule has 1 aliphatic rings. The Bertz CT molecular complexity index is 297. The fourth-order valence-corrected chi connectivity index (χ4v) is 2.42. The molecule has 2 rings (SSSR count). The summed E-state index contributed by atoms with van der Waals surface area (Å²) in [6, 6.07) is 2.43. The predicted octanol–water partition coefficient (Wildman–Crippen LogP) is 2.27. The zero-order valence-corrected chi connectivity index (χ0v) is 10.3. The van der Waals surface area contributed by atoms with Crippen LogP contribution >= 0.6 is 0 Å². The maximum atomic E-state index is 5.10. The lowest BCUT2D eigenvalue weighted by molar-refractivity contribution is 0.203. The van der Waals surface area contributed by atoms with Gasteiger partial charge >= 0.3 is 0 Å². The van der Waals surface area contributed by atoms with Gasteiger partial charge in [0.2, 0.25) is 0 Å². The normalized spacial score (nSPS) is 24.5. The second-order valence-electron chi connectivity index (χ2n) is 4.96. The Morgan fingerprint density at radius 3 is 3.19 bits per heavy atom. The third-order valence-electron chi connectivity index (χ3n) is 3.48. The van der Waals surface area contributed by atoms with Crippen LogP contribution in [0.3, 0.4) is 0 Å². The molecular weight excluding hydrogens is 200 g/mol. The topological polar surface area (TPSA) is 28.4 Å². The lowest BCUT2D eigenvalue weighted by Crippen LogP contribution is -2.37. The fraction of sp³-hybridized carbons (Fsp3) is 0.692. The van der Waals surface area contributed by atoms with Gasteiger partial charge in [-0.1, -0.05) is 0 Å². The predicted molar refractivity (Wildman–Crippen MR) is 65.3 cm³/mol. The Kier molecular flexibility index (Phi) is 4.02. The summed E-state index contributed by atoms with van der Waals surface area (Å²) in [7, 11) is 2.21. The van der Waals surface area contributed by atoms with Crippen LogP contribution < -0.4 is 5.32 Å². The molecule has 0 spiro atoms. The Labute approximate surface area is 97.8 Å². The molecule has 90 valence electrons. The summed E-state index contributed by atoms with van der Waals surface area (Å²) in [5.41, 5.74) is 1.24. The number of nitrogens with one attached hydrogen (secondary N) is 1. The first-order valence-corrected chi connectivity index (χ1v) is 6.19. The highest BCUT2D eigenvalue weighted by Gasteiger charge is 2.17. The summed E-state index contributed by atoms with van der Waals surface area (Å²) in [6.07, 6.45) is 6.25. The molecule has 3 nitrogen and oxygen atoms in total. The molecule has 2 heterocycles. The summed E-state index contributed by atoms with van der Waals surface area (Å²) < 4.78 is 5.10. The zero-order chi connectivity index (χ0) is 11.4. The standard InChI is InChI=1S/C13H22N2O/c1-11(13-5-7-16-10-13)14-8-12-4-3-6-15(2)9-12/h5,7,10-12,14H,3-4,6,8-9H2,1-2H3. The molecule has 16 heavy (non-hydrogen) atoms. The third kappa shape index (κ3) is 3.09. The number of furan rings is 1. The second kappa shape index (κ2) is 5.51. The van der Waals surface area contributed by atoms with E-state index in [-0.39, 0.29) is 0 Å². The molecule has 1 saturated heterocycles. The maximum Gasteiger partial charge on any atom is 0.0950 e. The molecule has 2 atom stereocenters. The summed E-state index contributed by atoms with van der Waals surface area (Å²) in [5, 5.41) is 3.59. The van der Waals surface area contributed by atoms with Gasteiger partial charge in [-0.05, 0) is 51.9 Å². The van der Waals surface area contributed by atoms with Crippen LogP contribution in [0.4, 0.5) is 0 Å². The van der Waals surface area contributed by atoms with Crippen molar-refractivity contribution in [1.29, 1.82) is 0 Å². The minimum atomic E-state index is 0.394. The van der Waals surface area contributed by atoms with Crippen molar-refractivity contribution in [3.8, 4) is 0 Å². The largest absolute Gasteiger partial charge is 0.472 e. The van der Waals surface area contributed by atoms with E-state index in [4.69, 9.17) is 4.42 Å². The van der Waals surface area contributed by atoms with Crippen molar-refractivity contribution < 1.29 is 4.42 Å². The van der Waals surface area contributed by atoms with Gasteiger partial charge in [-0.25, -0.2) is 0 Å². The van der Waals surface area contributed by atoms with Crippen LogP contribution in [0.2, 0.25) is 0 Å². The van der Waals surface area contributed by atoms with E-state index in [1.807, 2.05) is 12.3 Å². The third-order valence-corrected chi connectivity index (χ3v) is 3.48. The van der Waals surface area contributed by atoms with Gasteiger partial charge in [0.25, 0.3) is 0 Å². The minimum absolute atomic E-state index is 0.394. The van der Waals surface area contributed by atoms with Crippen molar-refractivity contribution in [2.24, 2.45) is 5.92 Å².